The van der Waals surface area contributed by atoms with Crippen molar-refractivity contribution >= 4 is 5.91 Å². The van der Waals surface area contributed by atoms with Crippen molar-refractivity contribution in [3.8, 4) is 0 Å². The quantitative estimate of drug-likeness (QED) is 0.857. The van der Waals surface area contributed by atoms with Crippen LogP contribution in [0.1, 0.15) is 43.9 Å². The molecule has 2 N–H and O–H groups in total. The van der Waals surface area contributed by atoms with E-state index in [1.54, 1.807) is 0 Å². The minimum Gasteiger partial charge on any atom is -0.390 e. The highest BCUT2D eigenvalue weighted by Gasteiger charge is 2.32. The van der Waals surface area contributed by atoms with Gasteiger partial charge in [0.1, 0.15) is 0 Å². The molecule has 0 aliphatic heterocycles. The van der Waals surface area contributed by atoms with Crippen molar-refractivity contribution in [2.24, 2.45) is 5.92 Å². The highest BCUT2D eigenvalue weighted by molar-refractivity contribution is 5.79. The number of rotatable bonds is 4. The molecule has 2 rings (SSSR count). The molecular weight excluding hydrogens is 226 g/mol. The summed E-state index contributed by atoms with van der Waals surface area (Å²) in [6.45, 7) is 4.01. The molecule has 0 radical (unpaired) electrons. The Balaban J connectivity index is 2.08. The first-order valence-corrected chi connectivity index (χ1v) is 6.69. The smallest absolute Gasteiger partial charge is 0.223 e. The fourth-order valence-electron chi connectivity index (χ4n) is 2.61. The molecule has 0 spiro atoms. The van der Waals surface area contributed by atoms with Crippen molar-refractivity contribution in [3.63, 3.8) is 0 Å². The summed E-state index contributed by atoms with van der Waals surface area (Å²) in [6, 6.07) is 7.68. The van der Waals surface area contributed by atoms with E-state index < -0.39 is 6.10 Å². The first-order valence-electron chi connectivity index (χ1n) is 6.69. The van der Waals surface area contributed by atoms with E-state index in [1.807, 2.05) is 31.2 Å². The lowest BCUT2D eigenvalue weighted by Gasteiger charge is -2.20. The Morgan fingerprint density at radius 3 is 2.94 bits per heavy atom. The van der Waals surface area contributed by atoms with E-state index in [2.05, 4.69) is 12.2 Å². The van der Waals surface area contributed by atoms with E-state index in [-0.39, 0.29) is 17.9 Å². The zero-order chi connectivity index (χ0) is 13.1. The Morgan fingerprint density at radius 1 is 1.50 bits per heavy atom. The average Bonchev–Trinajstić information content (AvgIpc) is 2.66. The summed E-state index contributed by atoms with van der Waals surface area (Å²) in [6.07, 6.45) is 2.01. The first-order chi connectivity index (χ1) is 8.63. The maximum absolute atomic E-state index is 12.0. The molecule has 0 saturated carbocycles. The van der Waals surface area contributed by atoms with Gasteiger partial charge in [0.25, 0.3) is 0 Å². The largest absolute Gasteiger partial charge is 0.390 e. The highest BCUT2D eigenvalue weighted by Crippen LogP contribution is 2.31. The second-order valence-electron chi connectivity index (χ2n) is 5.15. The number of carbonyl (C=O) groups is 1. The van der Waals surface area contributed by atoms with Crippen LogP contribution in [-0.4, -0.2) is 17.1 Å². The standard InChI is InChI=1S/C15H21NO2/c1-3-6-10(2)15(18)16-14-12-8-5-4-7-11(12)9-13(14)17/h4-5,7-8,10,13-14,17H,3,6,9H2,1-2H3,(H,16,18)/t10?,13-,14+/m1/s1. The number of nitrogens with one attached hydrogen (secondary N) is 1. The summed E-state index contributed by atoms with van der Waals surface area (Å²) in [5.41, 5.74) is 2.19. The molecule has 1 unspecified atom stereocenters. The number of aliphatic hydroxyl groups excluding tert-OH is 1. The predicted octanol–water partition coefficient (Wildman–Crippen LogP) is 2.20. The van der Waals surface area contributed by atoms with Crippen molar-refractivity contribution in [2.45, 2.75) is 45.3 Å². The molecular formula is C15H21NO2. The molecule has 3 nitrogen and oxygen atoms in total. The Bertz CT molecular complexity index is 430. The third-order valence-corrected chi connectivity index (χ3v) is 3.67. The van der Waals surface area contributed by atoms with Gasteiger partial charge >= 0.3 is 0 Å². The lowest BCUT2D eigenvalue weighted by Crippen LogP contribution is -2.37. The highest BCUT2D eigenvalue weighted by atomic mass is 16.3. The number of benzene rings is 1. The van der Waals surface area contributed by atoms with E-state index in [0.29, 0.717) is 6.42 Å². The van der Waals surface area contributed by atoms with Crippen LogP contribution < -0.4 is 5.32 Å². The molecule has 1 aliphatic carbocycles. The van der Waals surface area contributed by atoms with Crippen LogP contribution in [0.3, 0.4) is 0 Å². The number of aliphatic hydroxyl groups is 1. The van der Waals surface area contributed by atoms with Gasteiger partial charge in [-0.1, -0.05) is 44.5 Å². The van der Waals surface area contributed by atoms with E-state index in [9.17, 15) is 9.90 Å². The van der Waals surface area contributed by atoms with Crippen LogP contribution in [0, 0.1) is 5.92 Å². The van der Waals surface area contributed by atoms with Crippen LogP contribution in [0.25, 0.3) is 0 Å². The van der Waals surface area contributed by atoms with Crippen molar-refractivity contribution in [1.29, 1.82) is 0 Å². The predicted molar refractivity (Wildman–Crippen MR) is 71.1 cm³/mol. The van der Waals surface area contributed by atoms with Gasteiger partial charge in [-0.2, -0.15) is 0 Å². The molecule has 98 valence electrons. The fourth-order valence-corrected chi connectivity index (χ4v) is 2.61. The van der Waals surface area contributed by atoms with Crippen molar-refractivity contribution < 1.29 is 9.90 Å². The summed E-state index contributed by atoms with van der Waals surface area (Å²) in [7, 11) is 0. The summed E-state index contributed by atoms with van der Waals surface area (Å²) < 4.78 is 0. The van der Waals surface area contributed by atoms with Gasteiger partial charge in [-0.15, -0.1) is 0 Å². The van der Waals surface area contributed by atoms with E-state index in [0.717, 1.165) is 24.0 Å². The SMILES string of the molecule is CCCC(C)C(=O)N[C@H]1c2ccccc2C[C@H]1O. The maximum Gasteiger partial charge on any atom is 0.223 e. The second-order valence-corrected chi connectivity index (χ2v) is 5.15. The molecule has 0 saturated heterocycles. The zero-order valence-electron chi connectivity index (χ0n) is 11.0. The van der Waals surface area contributed by atoms with Gasteiger partial charge in [-0.25, -0.2) is 0 Å². The van der Waals surface area contributed by atoms with E-state index >= 15 is 0 Å². The van der Waals surface area contributed by atoms with Gasteiger partial charge in [0, 0.05) is 12.3 Å². The normalized spacial score (nSPS) is 23.5. The van der Waals surface area contributed by atoms with Gasteiger partial charge in [-0.05, 0) is 17.5 Å². The minimum absolute atomic E-state index is 0.00922. The van der Waals surface area contributed by atoms with E-state index in [4.69, 9.17) is 0 Å². The maximum atomic E-state index is 12.0. The number of amides is 1. The molecule has 1 amide bonds. The topological polar surface area (TPSA) is 49.3 Å². The molecule has 3 heteroatoms. The van der Waals surface area contributed by atoms with Crippen molar-refractivity contribution in [3.05, 3.63) is 35.4 Å². The van der Waals surface area contributed by atoms with Crippen LogP contribution >= 0.6 is 0 Å². The molecule has 1 aromatic carbocycles. The Morgan fingerprint density at radius 2 is 2.22 bits per heavy atom. The van der Waals surface area contributed by atoms with Crippen LogP contribution in [0.15, 0.2) is 24.3 Å². The molecule has 0 fully saturated rings. The third kappa shape index (κ3) is 2.56. The van der Waals surface area contributed by atoms with E-state index in [1.165, 1.54) is 0 Å². The number of fused-ring (bicyclic) bond motifs is 1. The van der Waals surface area contributed by atoms with Crippen LogP contribution in [-0.2, 0) is 11.2 Å². The molecule has 3 atom stereocenters. The molecule has 0 bridgehead atoms. The van der Waals surface area contributed by atoms with Gasteiger partial charge in [0.15, 0.2) is 0 Å². The fraction of sp³-hybridized carbons (Fsp3) is 0.533. The van der Waals surface area contributed by atoms with Crippen LogP contribution in [0.4, 0.5) is 0 Å². The van der Waals surface area contributed by atoms with Gasteiger partial charge in [0.05, 0.1) is 12.1 Å². The average molecular weight is 247 g/mol. The Kier molecular flexibility index (Phi) is 4.02. The third-order valence-electron chi connectivity index (χ3n) is 3.67. The van der Waals surface area contributed by atoms with Gasteiger partial charge in [0.2, 0.25) is 5.91 Å². The molecule has 1 aliphatic rings. The summed E-state index contributed by atoms with van der Waals surface area (Å²) in [5.74, 6) is 0.0487. The summed E-state index contributed by atoms with van der Waals surface area (Å²) in [5, 5.41) is 13.0. The lowest BCUT2D eigenvalue weighted by molar-refractivity contribution is -0.126. The summed E-state index contributed by atoms with van der Waals surface area (Å²) >= 11 is 0. The molecule has 18 heavy (non-hydrogen) atoms. The van der Waals surface area contributed by atoms with Crippen molar-refractivity contribution in [1.82, 2.24) is 5.32 Å². The number of hydrogen-bond donors (Lipinski definition) is 2. The number of hydrogen-bond acceptors (Lipinski definition) is 2. The Hall–Kier alpha value is -1.35. The first kappa shape index (κ1) is 13.1. The number of carbonyl (C=O) groups excluding carboxylic acids is 1. The summed E-state index contributed by atoms with van der Waals surface area (Å²) in [4.78, 5) is 12.0. The van der Waals surface area contributed by atoms with Crippen LogP contribution in [0.5, 0.6) is 0 Å². The second kappa shape index (κ2) is 5.53. The van der Waals surface area contributed by atoms with Crippen molar-refractivity contribution in [2.75, 3.05) is 0 Å². The Labute approximate surface area is 108 Å². The zero-order valence-corrected chi connectivity index (χ0v) is 11.0. The molecule has 0 aromatic heterocycles. The lowest BCUT2D eigenvalue weighted by atomic mass is 10.0. The van der Waals surface area contributed by atoms with Gasteiger partial charge < -0.3 is 10.4 Å². The van der Waals surface area contributed by atoms with Crippen LogP contribution in [0.2, 0.25) is 0 Å². The van der Waals surface area contributed by atoms with Gasteiger partial charge in [-0.3, -0.25) is 4.79 Å². The monoisotopic (exact) mass is 247 g/mol. The molecule has 1 aromatic rings. The molecule has 0 heterocycles. The minimum atomic E-state index is -0.500.